The van der Waals surface area contributed by atoms with E-state index in [1.807, 2.05) is 25.1 Å². The van der Waals surface area contributed by atoms with Crippen LogP contribution in [0.1, 0.15) is 41.5 Å². The molecule has 1 aromatic heterocycles. The van der Waals surface area contributed by atoms with Gasteiger partial charge in [0.15, 0.2) is 11.6 Å². The molecule has 10 nitrogen and oxygen atoms in total. The van der Waals surface area contributed by atoms with Gasteiger partial charge in [0.05, 0.1) is 10.6 Å². The Morgan fingerprint density at radius 1 is 1.03 bits per heavy atom. The van der Waals surface area contributed by atoms with Crippen LogP contribution >= 0.6 is 0 Å². The van der Waals surface area contributed by atoms with Crippen molar-refractivity contribution in [1.82, 2.24) is 24.5 Å². The first kappa shape index (κ1) is 23.7. The molecule has 1 aliphatic rings. The van der Waals surface area contributed by atoms with E-state index in [4.69, 9.17) is 0 Å². The number of nitrogens with one attached hydrogen (secondary N) is 1. The van der Waals surface area contributed by atoms with Crippen molar-refractivity contribution in [3.63, 3.8) is 0 Å². The molecule has 2 aromatic carbocycles. The Labute approximate surface area is 198 Å². The number of carbonyl (C=O) groups is 2. The number of sulfonamides is 1. The molecule has 0 atom stereocenters. The summed E-state index contributed by atoms with van der Waals surface area (Å²) in [6.45, 7) is 5.66. The van der Waals surface area contributed by atoms with Gasteiger partial charge in [0, 0.05) is 30.3 Å². The molecule has 34 heavy (non-hydrogen) atoms. The van der Waals surface area contributed by atoms with Gasteiger partial charge in [0.2, 0.25) is 15.9 Å². The number of hydrogen-bond donors (Lipinski definition) is 1. The van der Waals surface area contributed by atoms with Crippen LogP contribution in [0.25, 0.3) is 5.69 Å². The first-order chi connectivity index (χ1) is 16.2. The maximum absolute atomic E-state index is 13.0. The highest BCUT2D eigenvalue weighted by molar-refractivity contribution is 7.89. The molecule has 1 amide bonds. The maximum atomic E-state index is 13.0. The molecule has 1 aliphatic heterocycles. The number of tetrazole rings is 1. The smallest absolute Gasteiger partial charge is 0.243 e. The number of rotatable bonds is 6. The zero-order valence-corrected chi connectivity index (χ0v) is 20.0. The predicted octanol–water partition coefficient (Wildman–Crippen LogP) is 2.52. The van der Waals surface area contributed by atoms with Crippen molar-refractivity contribution in [2.45, 2.75) is 38.5 Å². The molecule has 0 spiro atoms. The van der Waals surface area contributed by atoms with Crippen LogP contribution in [0.15, 0.2) is 47.4 Å². The number of aryl methyl sites for hydroxylation is 2. The second-order valence-electron chi connectivity index (χ2n) is 8.39. The van der Waals surface area contributed by atoms with Crippen molar-refractivity contribution in [2.24, 2.45) is 5.92 Å². The van der Waals surface area contributed by atoms with Crippen LogP contribution in [0.4, 0.5) is 5.69 Å². The first-order valence-corrected chi connectivity index (χ1v) is 12.4. The summed E-state index contributed by atoms with van der Waals surface area (Å²) in [4.78, 5) is 24.5. The third kappa shape index (κ3) is 4.75. The van der Waals surface area contributed by atoms with E-state index in [1.165, 1.54) is 35.5 Å². The van der Waals surface area contributed by atoms with Crippen LogP contribution in [-0.2, 0) is 14.8 Å². The highest BCUT2D eigenvalue weighted by Gasteiger charge is 2.32. The Bertz CT molecular complexity index is 1330. The van der Waals surface area contributed by atoms with E-state index in [1.54, 1.807) is 11.6 Å². The summed E-state index contributed by atoms with van der Waals surface area (Å²) in [6.07, 6.45) is 0.836. The lowest BCUT2D eigenvalue weighted by Gasteiger charge is -2.30. The highest BCUT2D eigenvalue weighted by Crippen LogP contribution is 2.26. The van der Waals surface area contributed by atoms with Gasteiger partial charge in [-0.2, -0.15) is 8.99 Å². The fraction of sp³-hybridized carbons (Fsp3) is 0.348. The third-order valence-corrected chi connectivity index (χ3v) is 7.97. The van der Waals surface area contributed by atoms with Crippen LogP contribution in [-0.4, -0.2) is 57.7 Å². The second kappa shape index (κ2) is 9.43. The predicted molar refractivity (Wildman–Crippen MR) is 125 cm³/mol. The zero-order chi connectivity index (χ0) is 24.5. The van der Waals surface area contributed by atoms with E-state index in [0.717, 1.165) is 11.3 Å². The van der Waals surface area contributed by atoms with Crippen molar-refractivity contribution in [2.75, 3.05) is 18.4 Å². The molecule has 3 aromatic rings. The number of anilines is 1. The standard InChI is InChI=1S/C23H26N6O4S/c1-15-4-7-20(14-22(15)29-17(3)25-26-27-29)24-23(31)19-10-12-28(13-11-19)34(32,33)21-8-5-18(6-9-21)16(2)30/h4-9,14,19H,10-13H2,1-3H3,(H,24,31). The molecule has 0 saturated carbocycles. The van der Waals surface area contributed by atoms with Gasteiger partial charge in [0.1, 0.15) is 0 Å². The largest absolute Gasteiger partial charge is 0.326 e. The second-order valence-corrected chi connectivity index (χ2v) is 10.3. The lowest BCUT2D eigenvalue weighted by Crippen LogP contribution is -2.41. The fourth-order valence-corrected chi connectivity index (χ4v) is 5.45. The van der Waals surface area contributed by atoms with Crippen LogP contribution < -0.4 is 5.32 Å². The molecule has 1 saturated heterocycles. The van der Waals surface area contributed by atoms with Gasteiger partial charge in [0.25, 0.3) is 0 Å². The average Bonchev–Trinajstić information content (AvgIpc) is 3.26. The normalized spacial score (nSPS) is 15.3. The van der Waals surface area contributed by atoms with Gasteiger partial charge in [-0.3, -0.25) is 9.59 Å². The Morgan fingerprint density at radius 3 is 2.29 bits per heavy atom. The molecular formula is C23H26N6O4S. The van der Waals surface area contributed by atoms with Gasteiger partial charge in [-0.15, -0.1) is 5.10 Å². The molecule has 0 aliphatic carbocycles. The summed E-state index contributed by atoms with van der Waals surface area (Å²) in [6, 6.07) is 11.5. The summed E-state index contributed by atoms with van der Waals surface area (Å²) in [5, 5.41) is 14.5. The Morgan fingerprint density at radius 2 is 1.71 bits per heavy atom. The molecule has 0 unspecified atom stereocenters. The topological polar surface area (TPSA) is 127 Å². The molecule has 0 bridgehead atoms. The summed E-state index contributed by atoms with van der Waals surface area (Å²) in [5.41, 5.74) is 2.82. The van der Waals surface area contributed by atoms with Crippen LogP contribution in [0, 0.1) is 19.8 Å². The lowest BCUT2D eigenvalue weighted by molar-refractivity contribution is -0.120. The number of ketones is 1. The Balaban J connectivity index is 1.40. The average molecular weight is 483 g/mol. The molecule has 1 N–H and O–H groups in total. The minimum atomic E-state index is -3.68. The van der Waals surface area contributed by atoms with E-state index < -0.39 is 10.0 Å². The van der Waals surface area contributed by atoms with Crippen LogP contribution in [0.5, 0.6) is 0 Å². The first-order valence-electron chi connectivity index (χ1n) is 10.9. The van der Waals surface area contributed by atoms with Crippen LogP contribution in [0.3, 0.4) is 0 Å². The molecule has 178 valence electrons. The number of benzene rings is 2. The molecular weight excluding hydrogens is 456 g/mol. The molecule has 4 rings (SSSR count). The molecule has 1 fully saturated rings. The van der Waals surface area contributed by atoms with Crippen molar-refractivity contribution >= 4 is 27.4 Å². The minimum absolute atomic E-state index is 0.121. The van der Waals surface area contributed by atoms with Crippen LogP contribution in [0.2, 0.25) is 0 Å². The highest BCUT2D eigenvalue weighted by atomic mass is 32.2. The quantitative estimate of drug-likeness (QED) is 0.535. The van der Waals surface area contributed by atoms with Crippen molar-refractivity contribution < 1.29 is 18.0 Å². The van der Waals surface area contributed by atoms with Gasteiger partial charge in [-0.1, -0.05) is 18.2 Å². The van der Waals surface area contributed by atoms with Gasteiger partial charge < -0.3 is 5.32 Å². The maximum Gasteiger partial charge on any atom is 0.243 e. The minimum Gasteiger partial charge on any atom is -0.326 e. The SMILES string of the molecule is CC(=O)c1ccc(S(=O)(=O)N2CCC(C(=O)Nc3ccc(C)c(-n4nnnc4C)c3)CC2)cc1. The molecule has 2 heterocycles. The molecule has 0 radical (unpaired) electrons. The monoisotopic (exact) mass is 482 g/mol. The Hall–Kier alpha value is -3.44. The van der Waals surface area contributed by atoms with Crippen molar-refractivity contribution in [3.05, 3.63) is 59.4 Å². The van der Waals surface area contributed by atoms with E-state index in [0.29, 0.717) is 29.9 Å². The van der Waals surface area contributed by atoms with Gasteiger partial charge >= 0.3 is 0 Å². The third-order valence-electron chi connectivity index (χ3n) is 6.05. The van der Waals surface area contributed by atoms with E-state index >= 15 is 0 Å². The number of piperidine rings is 1. The number of nitrogens with zero attached hydrogens (tertiary/aromatic N) is 5. The summed E-state index contributed by atoms with van der Waals surface area (Å²) < 4.78 is 28.9. The lowest BCUT2D eigenvalue weighted by atomic mass is 9.97. The number of carbonyl (C=O) groups excluding carboxylic acids is 2. The number of hydrogen-bond acceptors (Lipinski definition) is 7. The number of amides is 1. The Kier molecular flexibility index (Phi) is 6.58. The van der Waals surface area contributed by atoms with Gasteiger partial charge in [-0.05, 0) is 73.9 Å². The summed E-state index contributed by atoms with van der Waals surface area (Å²) in [5.74, 6) is 0.0674. The van der Waals surface area contributed by atoms with Crippen molar-refractivity contribution in [1.29, 1.82) is 0 Å². The zero-order valence-electron chi connectivity index (χ0n) is 19.2. The van der Waals surface area contributed by atoms with E-state index in [9.17, 15) is 18.0 Å². The van der Waals surface area contributed by atoms with Crippen molar-refractivity contribution in [3.8, 4) is 5.69 Å². The number of Topliss-reactive ketones (excluding diaryl/α,β-unsaturated/α-hetero) is 1. The summed E-state index contributed by atoms with van der Waals surface area (Å²) >= 11 is 0. The molecule has 11 heteroatoms. The summed E-state index contributed by atoms with van der Waals surface area (Å²) in [7, 11) is -3.68. The van der Waals surface area contributed by atoms with E-state index in [-0.39, 0.29) is 35.6 Å². The fourth-order valence-electron chi connectivity index (χ4n) is 3.98. The van der Waals surface area contributed by atoms with Gasteiger partial charge in [-0.25, -0.2) is 8.42 Å². The number of aromatic nitrogens is 4. The van der Waals surface area contributed by atoms with E-state index in [2.05, 4.69) is 20.8 Å².